The fraction of sp³-hybridized carbons (Fsp3) is 0.667. The summed E-state index contributed by atoms with van der Waals surface area (Å²) in [5, 5.41) is 0. The predicted octanol–water partition coefficient (Wildman–Crippen LogP) is 1.98. The number of methoxy groups -OCH3 is 1. The molecule has 4 nitrogen and oxygen atoms in total. The minimum Gasteiger partial charge on any atom is -0.373 e. The Hall–Kier alpha value is -1.16. The van der Waals surface area contributed by atoms with E-state index >= 15 is 0 Å². The summed E-state index contributed by atoms with van der Waals surface area (Å²) in [4.78, 5) is 19.0. The molecule has 0 spiro atoms. The van der Waals surface area contributed by atoms with Gasteiger partial charge in [0.15, 0.2) is 0 Å². The van der Waals surface area contributed by atoms with Gasteiger partial charge in [-0.2, -0.15) is 0 Å². The smallest absolute Gasteiger partial charge is 0.254 e. The lowest BCUT2D eigenvalue weighted by Gasteiger charge is -2.19. The second-order valence-corrected chi connectivity index (χ2v) is 4.28. The summed E-state index contributed by atoms with van der Waals surface area (Å²) < 4.78 is 5.36. The van der Waals surface area contributed by atoms with Crippen LogP contribution in [0.1, 0.15) is 44.0 Å². The van der Waals surface area contributed by atoms with E-state index in [1.807, 2.05) is 20.8 Å². The number of aromatic amines is 1. The molecule has 1 aromatic rings. The van der Waals surface area contributed by atoms with Gasteiger partial charge in [-0.3, -0.25) is 4.79 Å². The molecule has 1 rings (SSSR count). The number of hydrogen-bond acceptors (Lipinski definition) is 3. The summed E-state index contributed by atoms with van der Waals surface area (Å²) in [6.45, 7) is 7.88. The molecule has 0 radical (unpaired) electrons. The first kappa shape index (κ1) is 12.9. The maximum Gasteiger partial charge on any atom is 0.254 e. The monoisotopic (exact) mass is 224 g/mol. The summed E-state index contributed by atoms with van der Waals surface area (Å²) in [6.07, 6.45) is 0.607. The number of nitrogens with zero attached hydrogens (tertiary/aromatic N) is 1. The molecule has 0 aliphatic heterocycles. The molecule has 0 bridgehead atoms. The van der Waals surface area contributed by atoms with Crippen LogP contribution in [0, 0.1) is 12.8 Å². The van der Waals surface area contributed by atoms with Crippen LogP contribution in [0.4, 0.5) is 0 Å². The van der Waals surface area contributed by atoms with Gasteiger partial charge in [-0.25, -0.2) is 4.98 Å². The van der Waals surface area contributed by atoms with Gasteiger partial charge in [-0.1, -0.05) is 20.8 Å². The van der Waals surface area contributed by atoms with E-state index in [4.69, 9.17) is 4.74 Å². The molecule has 0 aromatic carbocycles. The van der Waals surface area contributed by atoms with Crippen molar-refractivity contribution < 1.29 is 4.74 Å². The van der Waals surface area contributed by atoms with Crippen LogP contribution in [0.5, 0.6) is 0 Å². The molecule has 4 heteroatoms. The molecular weight excluding hydrogens is 204 g/mol. The van der Waals surface area contributed by atoms with E-state index in [1.54, 1.807) is 14.0 Å². The number of aryl methyl sites for hydroxylation is 1. The van der Waals surface area contributed by atoms with E-state index < -0.39 is 0 Å². The number of H-pyrrole nitrogens is 1. The Morgan fingerprint density at radius 3 is 2.50 bits per heavy atom. The molecule has 1 aromatic heterocycles. The first-order valence-corrected chi connectivity index (χ1v) is 5.63. The van der Waals surface area contributed by atoms with E-state index in [2.05, 4.69) is 9.97 Å². The van der Waals surface area contributed by atoms with Gasteiger partial charge in [0.25, 0.3) is 5.56 Å². The lowest BCUT2D eigenvalue weighted by atomic mass is 10.1. The highest BCUT2D eigenvalue weighted by Gasteiger charge is 2.19. The first-order valence-electron chi connectivity index (χ1n) is 5.63. The van der Waals surface area contributed by atoms with Crippen LogP contribution in [0.25, 0.3) is 0 Å². The molecule has 1 heterocycles. The minimum absolute atomic E-state index is 0.0652. The molecular formula is C12H20N2O2. The molecule has 0 amide bonds. The van der Waals surface area contributed by atoms with E-state index in [0.29, 0.717) is 11.4 Å². The third-order valence-corrected chi connectivity index (χ3v) is 2.73. The number of rotatable bonds is 4. The zero-order valence-electron chi connectivity index (χ0n) is 10.6. The molecule has 1 unspecified atom stereocenters. The van der Waals surface area contributed by atoms with Gasteiger partial charge in [0.2, 0.25) is 0 Å². The highest BCUT2D eigenvalue weighted by Crippen LogP contribution is 2.21. The zero-order valence-corrected chi connectivity index (χ0v) is 10.6. The molecule has 0 aliphatic rings. The first-order chi connectivity index (χ1) is 7.51. The Morgan fingerprint density at radius 1 is 1.44 bits per heavy atom. The van der Waals surface area contributed by atoms with Crippen molar-refractivity contribution in [3.8, 4) is 0 Å². The van der Waals surface area contributed by atoms with Gasteiger partial charge in [-0.15, -0.1) is 0 Å². The number of ether oxygens (including phenoxy) is 1. The van der Waals surface area contributed by atoms with E-state index in [1.165, 1.54) is 0 Å². The van der Waals surface area contributed by atoms with Crippen molar-refractivity contribution in [1.29, 1.82) is 0 Å². The molecule has 1 N–H and O–H groups in total. The normalized spacial score (nSPS) is 13.1. The maximum atomic E-state index is 11.7. The molecule has 1 atom stereocenters. The summed E-state index contributed by atoms with van der Waals surface area (Å²) in [5.74, 6) is 0.908. The SMILES string of the molecule is CCc1nc(C(OC)C(C)C)[nH]c(=O)c1C. The van der Waals surface area contributed by atoms with Crippen molar-refractivity contribution in [3.05, 3.63) is 27.4 Å². The van der Waals surface area contributed by atoms with Gasteiger partial charge in [-0.05, 0) is 19.3 Å². The molecule has 16 heavy (non-hydrogen) atoms. The Morgan fingerprint density at radius 2 is 2.06 bits per heavy atom. The summed E-state index contributed by atoms with van der Waals surface area (Å²) >= 11 is 0. The lowest BCUT2D eigenvalue weighted by Crippen LogP contribution is -2.22. The van der Waals surface area contributed by atoms with E-state index in [0.717, 1.165) is 12.1 Å². The van der Waals surface area contributed by atoms with Crippen molar-refractivity contribution in [2.45, 2.75) is 40.2 Å². The van der Waals surface area contributed by atoms with Gasteiger partial charge in [0.1, 0.15) is 11.9 Å². The highest BCUT2D eigenvalue weighted by atomic mass is 16.5. The molecule has 0 saturated carbocycles. The topological polar surface area (TPSA) is 55.0 Å². The molecule has 0 fully saturated rings. The summed E-state index contributed by atoms with van der Waals surface area (Å²) in [5.41, 5.74) is 1.48. The highest BCUT2D eigenvalue weighted by molar-refractivity contribution is 5.16. The molecule has 90 valence electrons. The Labute approximate surface area is 96.1 Å². The minimum atomic E-state index is -0.154. The van der Waals surface area contributed by atoms with Gasteiger partial charge in [0, 0.05) is 12.7 Å². The van der Waals surface area contributed by atoms with Crippen molar-refractivity contribution in [3.63, 3.8) is 0 Å². The van der Waals surface area contributed by atoms with Crippen molar-refractivity contribution in [1.82, 2.24) is 9.97 Å². The average molecular weight is 224 g/mol. The number of hydrogen-bond donors (Lipinski definition) is 1. The molecule has 0 aliphatic carbocycles. The van der Waals surface area contributed by atoms with Gasteiger partial charge >= 0.3 is 0 Å². The maximum absolute atomic E-state index is 11.7. The fourth-order valence-corrected chi connectivity index (χ4v) is 1.78. The standard InChI is InChI=1S/C12H20N2O2/c1-6-9-8(4)12(15)14-11(13-9)10(16-5)7(2)3/h7,10H,6H2,1-5H3,(H,13,14,15). The third-order valence-electron chi connectivity index (χ3n) is 2.73. The lowest BCUT2D eigenvalue weighted by molar-refractivity contribution is 0.0570. The summed E-state index contributed by atoms with van der Waals surface area (Å²) in [7, 11) is 1.64. The van der Waals surface area contributed by atoms with E-state index in [-0.39, 0.29) is 17.6 Å². The van der Waals surface area contributed by atoms with Crippen LogP contribution < -0.4 is 5.56 Å². The van der Waals surface area contributed by atoms with Crippen molar-refractivity contribution in [2.24, 2.45) is 5.92 Å². The van der Waals surface area contributed by atoms with Crippen LogP contribution >= 0.6 is 0 Å². The van der Waals surface area contributed by atoms with Crippen LogP contribution in [-0.4, -0.2) is 17.1 Å². The second-order valence-electron chi connectivity index (χ2n) is 4.28. The Bertz CT molecular complexity index is 410. The largest absolute Gasteiger partial charge is 0.373 e. The van der Waals surface area contributed by atoms with Crippen LogP contribution in [-0.2, 0) is 11.2 Å². The van der Waals surface area contributed by atoms with Gasteiger partial charge in [0.05, 0.1) is 5.69 Å². The van der Waals surface area contributed by atoms with Crippen LogP contribution in [0.3, 0.4) is 0 Å². The van der Waals surface area contributed by atoms with Gasteiger partial charge < -0.3 is 9.72 Å². The fourth-order valence-electron chi connectivity index (χ4n) is 1.78. The Kier molecular flexibility index (Phi) is 4.24. The van der Waals surface area contributed by atoms with Crippen LogP contribution in [0.15, 0.2) is 4.79 Å². The Balaban J connectivity index is 3.24. The summed E-state index contributed by atoms with van der Waals surface area (Å²) in [6, 6.07) is 0. The third kappa shape index (κ3) is 2.50. The van der Waals surface area contributed by atoms with Crippen LogP contribution in [0.2, 0.25) is 0 Å². The average Bonchev–Trinajstić information content (AvgIpc) is 2.23. The second kappa shape index (κ2) is 5.25. The van der Waals surface area contributed by atoms with Crippen molar-refractivity contribution in [2.75, 3.05) is 7.11 Å². The molecule has 0 saturated heterocycles. The van der Waals surface area contributed by atoms with E-state index in [9.17, 15) is 4.79 Å². The quantitative estimate of drug-likeness (QED) is 0.850. The zero-order chi connectivity index (χ0) is 12.3. The van der Waals surface area contributed by atoms with Crippen molar-refractivity contribution >= 4 is 0 Å². The number of nitrogens with one attached hydrogen (secondary N) is 1. The predicted molar refractivity (Wildman–Crippen MR) is 63.6 cm³/mol. The number of aromatic nitrogens is 2.